The SMILES string of the molecule is CCOC(=O)C1(CCC(C)C)CNC(=O)CCCN(Cc2ccccn2)CCNC(=O)COc2ccc(cc2OC)C1. The summed E-state index contributed by atoms with van der Waals surface area (Å²) in [5.41, 5.74) is 0.810. The number of fused-ring (bicyclic) bond motifs is 16. The van der Waals surface area contributed by atoms with Crippen molar-refractivity contribution in [3.63, 3.8) is 0 Å². The van der Waals surface area contributed by atoms with Crippen LogP contribution in [0.25, 0.3) is 0 Å². The summed E-state index contributed by atoms with van der Waals surface area (Å²) in [6, 6.07) is 11.2. The van der Waals surface area contributed by atoms with E-state index in [-0.39, 0.29) is 37.5 Å². The third kappa shape index (κ3) is 10.3. The van der Waals surface area contributed by atoms with Gasteiger partial charge in [-0.25, -0.2) is 0 Å². The number of nitrogens with one attached hydrogen (secondary N) is 2. The molecule has 1 unspecified atom stereocenters. The molecule has 2 aliphatic rings. The summed E-state index contributed by atoms with van der Waals surface area (Å²) in [5.74, 6) is 0.582. The average Bonchev–Trinajstić information content (AvgIpc) is 2.98. The summed E-state index contributed by atoms with van der Waals surface area (Å²) in [5, 5.41) is 5.97. The van der Waals surface area contributed by atoms with Crippen molar-refractivity contribution in [2.75, 3.05) is 46.5 Å². The largest absolute Gasteiger partial charge is 0.493 e. The van der Waals surface area contributed by atoms with Gasteiger partial charge in [0.15, 0.2) is 18.1 Å². The van der Waals surface area contributed by atoms with Crippen LogP contribution in [0.3, 0.4) is 0 Å². The number of aromatic nitrogens is 1. The second-order valence-corrected chi connectivity index (χ2v) is 11.2. The number of ether oxygens (including phenoxy) is 3. The predicted octanol–water partition coefficient (Wildman–Crippen LogP) is 3.53. The van der Waals surface area contributed by atoms with Gasteiger partial charge in [-0.1, -0.05) is 26.0 Å². The fraction of sp³-hybridized carbons (Fsp3) is 0.562. The highest BCUT2D eigenvalue weighted by Crippen LogP contribution is 2.35. The van der Waals surface area contributed by atoms with Gasteiger partial charge in [-0.05, 0) is 74.9 Å². The number of hydrogen-bond acceptors (Lipinski definition) is 8. The van der Waals surface area contributed by atoms with Gasteiger partial charge in [-0.15, -0.1) is 0 Å². The second-order valence-electron chi connectivity index (χ2n) is 11.2. The molecule has 2 aliphatic heterocycles. The Morgan fingerprint density at radius 3 is 2.69 bits per heavy atom. The molecule has 1 aromatic heterocycles. The van der Waals surface area contributed by atoms with Gasteiger partial charge < -0.3 is 24.8 Å². The molecular formula is C32H46N4O6. The molecule has 1 atom stereocenters. The molecule has 0 saturated heterocycles. The Balaban J connectivity index is 1.88. The maximum atomic E-state index is 13.5. The van der Waals surface area contributed by atoms with Gasteiger partial charge in [0, 0.05) is 38.8 Å². The first kappa shape index (κ1) is 32.8. The van der Waals surface area contributed by atoms with Crippen molar-refractivity contribution in [1.29, 1.82) is 0 Å². The van der Waals surface area contributed by atoms with Crippen LogP contribution in [0.2, 0.25) is 0 Å². The fourth-order valence-corrected chi connectivity index (χ4v) is 5.02. The molecule has 1 aromatic carbocycles. The van der Waals surface area contributed by atoms with E-state index >= 15 is 0 Å². The van der Waals surface area contributed by atoms with Crippen molar-refractivity contribution in [2.45, 2.75) is 59.4 Å². The zero-order valence-electron chi connectivity index (χ0n) is 25.4. The first-order valence-corrected chi connectivity index (χ1v) is 14.9. The van der Waals surface area contributed by atoms with Crippen LogP contribution in [0, 0.1) is 11.3 Å². The van der Waals surface area contributed by atoms with Crippen LogP contribution in [0.1, 0.15) is 57.7 Å². The molecule has 10 nitrogen and oxygen atoms in total. The molecule has 0 saturated carbocycles. The lowest BCUT2D eigenvalue weighted by molar-refractivity contribution is -0.156. The molecule has 4 rings (SSSR count). The number of carbonyl (C=O) groups excluding carboxylic acids is 3. The number of methoxy groups -OCH3 is 1. The smallest absolute Gasteiger partial charge is 0.314 e. The van der Waals surface area contributed by atoms with Crippen LogP contribution in [0.15, 0.2) is 42.6 Å². The van der Waals surface area contributed by atoms with E-state index in [1.165, 1.54) is 7.11 Å². The normalized spacial score (nSPS) is 19.5. The van der Waals surface area contributed by atoms with Crippen molar-refractivity contribution in [3.05, 3.63) is 53.9 Å². The Hall–Kier alpha value is -3.66. The van der Waals surface area contributed by atoms with Gasteiger partial charge in [0.05, 0.1) is 24.8 Å². The lowest BCUT2D eigenvalue weighted by Crippen LogP contribution is -2.46. The topological polar surface area (TPSA) is 119 Å². The molecule has 0 aliphatic carbocycles. The highest BCUT2D eigenvalue weighted by atomic mass is 16.5. The quantitative estimate of drug-likeness (QED) is 0.359. The first-order chi connectivity index (χ1) is 20.2. The fourth-order valence-electron chi connectivity index (χ4n) is 5.02. The maximum Gasteiger partial charge on any atom is 0.314 e. The lowest BCUT2D eigenvalue weighted by atomic mass is 9.76. The van der Waals surface area contributed by atoms with E-state index in [4.69, 9.17) is 14.2 Å². The standard InChI is InChI=1S/C32H46N4O6/c1-5-41-31(39)32(14-13-24(2)3)20-25-11-12-27(28(19-25)40-4)42-22-30(38)34-16-18-36(17-8-10-29(37)35-23-32)21-26-9-6-7-15-33-26/h6-7,9,11-12,15,19,24H,5,8,10,13-14,16-18,20-23H2,1-4H3,(H,34,38)(H,35,37). The van der Waals surface area contributed by atoms with Gasteiger partial charge in [-0.3, -0.25) is 24.3 Å². The Bertz CT molecular complexity index is 1160. The summed E-state index contributed by atoms with van der Waals surface area (Å²) < 4.78 is 17.0. The number of benzene rings is 1. The number of carbonyl (C=O) groups is 3. The summed E-state index contributed by atoms with van der Waals surface area (Å²) >= 11 is 0. The van der Waals surface area contributed by atoms with Gasteiger partial charge in [0.1, 0.15) is 0 Å². The zero-order valence-corrected chi connectivity index (χ0v) is 25.4. The number of esters is 1. The van der Waals surface area contributed by atoms with Crippen molar-refractivity contribution in [3.8, 4) is 11.5 Å². The summed E-state index contributed by atoms with van der Waals surface area (Å²) in [4.78, 5) is 45.8. The van der Waals surface area contributed by atoms with Crippen LogP contribution in [-0.4, -0.2) is 74.2 Å². The van der Waals surface area contributed by atoms with Crippen molar-refractivity contribution in [2.24, 2.45) is 11.3 Å². The van der Waals surface area contributed by atoms with E-state index in [0.29, 0.717) is 69.3 Å². The van der Waals surface area contributed by atoms with Crippen molar-refractivity contribution < 1.29 is 28.6 Å². The number of rotatable bonds is 8. The monoisotopic (exact) mass is 582 g/mol. The number of nitrogens with zero attached hydrogens (tertiary/aromatic N) is 2. The van der Waals surface area contributed by atoms with E-state index < -0.39 is 5.41 Å². The Morgan fingerprint density at radius 1 is 1.14 bits per heavy atom. The minimum atomic E-state index is -0.947. The molecule has 3 heterocycles. The summed E-state index contributed by atoms with van der Waals surface area (Å²) in [6.07, 6.45) is 4.39. The highest BCUT2D eigenvalue weighted by Gasteiger charge is 2.40. The molecule has 2 aromatic rings. The third-order valence-corrected chi connectivity index (χ3v) is 7.40. The molecule has 0 radical (unpaired) electrons. The Morgan fingerprint density at radius 2 is 1.98 bits per heavy atom. The van der Waals surface area contributed by atoms with E-state index in [9.17, 15) is 14.4 Å². The molecule has 2 amide bonds. The Kier molecular flexibility index (Phi) is 13.1. The minimum Gasteiger partial charge on any atom is -0.493 e. The van der Waals surface area contributed by atoms with E-state index in [1.807, 2.05) is 30.3 Å². The van der Waals surface area contributed by atoms with Gasteiger partial charge in [0.2, 0.25) is 5.91 Å². The van der Waals surface area contributed by atoms with E-state index in [1.54, 1.807) is 19.2 Å². The molecule has 0 spiro atoms. The second kappa shape index (κ2) is 16.7. The summed E-state index contributed by atoms with van der Waals surface area (Å²) in [6.45, 7) is 8.54. The molecule has 42 heavy (non-hydrogen) atoms. The molecule has 230 valence electrons. The zero-order chi connectivity index (χ0) is 30.4. The van der Waals surface area contributed by atoms with Crippen LogP contribution in [0.4, 0.5) is 0 Å². The Labute approximate surface area is 249 Å². The number of amides is 2. The van der Waals surface area contributed by atoms with Gasteiger partial charge in [-0.2, -0.15) is 0 Å². The van der Waals surface area contributed by atoms with Crippen LogP contribution in [-0.2, 0) is 32.1 Å². The van der Waals surface area contributed by atoms with Crippen molar-refractivity contribution >= 4 is 17.8 Å². The summed E-state index contributed by atoms with van der Waals surface area (Å²) in [7, 11) is 1.54. The molecule has 0 fully saturated rings. The lowest BCUT2D eigenvalue weighted by Gasteiger charge is -2.33. The van der Waals surface area contributed by atoms with Gasteiger partial charge >= 0.3 is 5.97 Å². The number of pyridine rings is 1. The van der Waals surface area contributed by atoms with Gasteiger partial charge in [0.25, 0.3) is 5.91 Å². The van der Waals surface area contributed by atoms with Crippen LogP contribution < -0.4 is 20.1 Å². The average molecular weight is 583 g/mol. The predicted molar refractivity (Wildman–Crippen MR) is 160 cm³/mol. The molecular weight excluding hydrogens is 536 g/mol. The van der Waals surface area contributed by atoms with E-state index in [2.05, 4.69) is 34.4 Å². The number of hydrogen-bond donors (Lipinski definition) is 2. The minimum absolute atomic E-state index is 0.112. The van der Waals surface area contributed by atoms with Crippen LogP contribution >= 0.6 is 0 Å². The molecule has 10 heteroatoms. The van der Waals surface area contributed by atoms with Crippen molar-refractivity contribution in [1.82, 2.24) is 20.5 Å². The third-order valence-electron chi connectivity index (χ3n) is 7.40. The maximum absolute atomic E-state index is 13.5. The van der Waals surface area contributed by atoms with E-state index in [0.717, 1.165) is 17.7 Å². The molecule has 2 bridgehead atoms. The highest BCUT2D eigenvalue weighted by molar-refractivity contribution is 5.80. The molecule has 2 N–H and O–H groups in total. The van der Waals surface area contributed by atoms with Crippen LogP contribution in [0.5, 0.6) is 11.5 Å². The first-order valence-electron chi connectivity index (χ1n) is 14.9.